The first-order valence-corrected chi connectivity index (χ1v) is 4.68. The third kappa shape index (κ3) is 1.44. The van der Waals surface area contributed by atoms with E-state index in [1.165, 1.54) is 0 Å². The minimum atomic E-state index is 0.628. The topological polar surface area (TPSA) is 46.5 Å². The van der Waals surface area contributed by atoms with Gasteiger partial charge in [-0.05, 0) is 12.2 Å². The number of hydrogen-bond acceptors (Lipinski definition) is 4. The molecule has 62 valence electrons. The van der Waals surface area contributed by atoms with Crippen molar-refractivity contribution in [2.24, 2.45) is 0 Å². The predicted molar refractivity (Wildman–Crippen MR) is 48.6 cm³/mol. The van der Waals surface area contributed by atoms with E-state index in [4.69, 9.17) is 12.2 Å². The molecule has 6 heteroatoms. The van der Waals surface area contributed by atoms with E-state index in [2.05, 4.69) is 15.2 Å². The minimum absolute atomic E-state index is 0.628. The quantitative estimate of drug-likeness (QED) is 0.743. The summed E-state index contributed by atoms with van der Waals surface area (Å²) in [4.78, 5) is 4.14. The van der Waals surface area contributed by atoms with Crippen molar-refractivity contribution < 1.29 is 0 Å². The van der Waals surface area contributed by atoms with E-state index in [9.17, 15) is 0 Å². The number of nitrogens with one attached hydrogen (secondary N) is 1. The van der Waals surface area contributed by atoms with Gasteiger partial charge in [0.05, 0.1) is 17.7 Å². The molecule has 2 aromatic rings. The Morgan fingerprint density at radius 3 is 3.17 bits per heavy atom. The number of aromatic amines is 1. The highest BCUT2D eigenvalue weighted by Crippen LogP contribution is 2.03. The highest BCUT2D eigenvalue weighted by atomic mass is 32.1. The Labute approximate surface area is 77.9 Å². The van der Waals surface area contributed by atoms with Crippen LogP contribution < -0.4 is 0 Å². The van der Waals surface area contributed by atoms with Crippen LogP contribution in [0.15, 0.2) is 17.2 Å². The average Bonchev–Trinajstić information content (AvgIpc) is 2.65. The van der Waals surface area contributed by atoms with Crippen molar-refractivity contribution in [3.8, 4) is 0 Å². The third-order valence-electron chi connectivity index (χ3n) is 1.43. The zero-order valence-electron chi connectivity index (χ0n) is 6.10. The van der Waals surface area contributed by atoms with Gasteiger partial charge >= 0.3 is 0 Å². The summed E-state index contributed by atoms with van der Waals surface area (Å²) >= 11 is 6.56. The van der Waals surface area contributed by atoms with Gasteiger partial charge in [0.15, 0.2) is 4.77 Å². The summed E-state index contributed by atoms with van der Waals surface area (Å²) in [7, 11) is 0. The molecule has 12 heavy (non-hydrogen) atoms. The molecule has 0 atom stereocenters. The van der Waals surface area contributed by atoms with Gasteiger partial charge in [-0.2, -0.15) is 5.10 Å². The molecule has 0 spiro atoms. The van der Waals surface area contributed by atoms with Crippen molar-refractivity contribution >= 4 is 23.6 Å². The van der Waals surface area contributed by atoms with Gasteiger partial charge in [-0.15, -0.1) is 11.3 Å². The fourth-order valence-electron chi connectivity index (χ4n) is 0.873. The molecule has 0 radical (unpaired) electrons. The molecule has 0 unspecified atom stereocenters. The zero-order valence-corrected chi connectivity index (χ0v) is 7.73. The average molecular weight is 198 g/mol. The predicted octanol–water partition coefficient (Wildman–Crippen LogP) is 1.45. The number of thiazole rings is 1. The van der Waals surface area contributed by atoms with Crippen LogP contribution in [0.5, 0.6) is 0 Å². The number of aromatic nitrogens is 4. The van der Waals surface area contributed by atoms with Gasteiger partial charge in [0.1, 0.15) is 6.33 Å². The number of rotatable bonds is 2. The Bertz CT molecular complexity index is 399. The first kappa shape index (κ1) is 7.63. The molecule has 0 saturated heterocycles. The molecule has 4 nitrogen and oxygen atoms in total. The van der Waals surface area contributed by atoms with Crippen molar-refractivity contribution in [2.75, 3.05) is 0 Å². The molecule has 2 heterocycles. The van der Waals surface area contributed by atoms with Crippen molar-refractivity contribution in [1.29, 1.82) is 0 Å². The summed E-state index contributed by atoms with van der Waals surface area (Å²) in [6.07, 6.45) is 1.67. The molecule has 2 aromatic heterocycles. The molecule has 0 fully saturated rings. The fourth-order valence-corrected chi connectivity index (χ4v) is 1.59. The number of nitrogens with zero attached hydrogens (tertiary/aromatic N) is 3. The smallest absolute Gasteiger partial charge is 0.195 e. The van der Waals surface area contributed by atoms with Gasteiger partial charge < -0.3 is 4.57 Å². The lowest BCUT2D eigenvalue weighted by Crippen LogP contribution is -1.97. The Morgan fingerprint density at radius 2 is 2.58 bits per heavy atom. The van der Waals surface area contributed by atoms with Gasteiger partial charge in [0, 0.05) is 5.38 Å². The van der Waals surface area contributed by atoms with E-state index >= 15 is 0 Å². The molecular formula is C6H6N4S2. The Balaban J connectivity index is 2.25. The maximum atomic E-state index is 4.98. The van der Waals surface area contributed by atoms with E-state index in [-0.39, 0.29) is 0 Å². The Morgan fingerprint density at radius 1 is 1.67 bits per heavy atom. The molecule has 0 amide bonds. The highest BCUT2D eigenvalue weighted by Gasteiger charge is 1.97. The molecule has 0 bridgehead atoms. The van der Waals surface area contributed by atoms with Crippen molar-refractivity contribution in [1.82, 2.24) is 19.7 Å². The monoisotopic (exact) mass is 198 g/mol. The van der Waals surface area contributed by atoms with E-state index in [0.29, 0.717) is 11.3 Å². The molecule has 1 N–H and O–H groups in total. The summed E-state index contributed by atoms with van der Waals surface area (Å²) in [5.74, 6) is 0. The maximum Gasteiger partial charge on any atom is 0.195 e. The van der Waals surface area contributed by atoms with Gasteiger partial charge in [-0.3, -0.25) is 5.10 Å². The van der Waals surface area contributed by atoms with Gasteiger partial charge in [-0.1, -0.05) is 0 Å². The number of hydrogen-bond donors (Lipinski definition) is 1. The summed E-state index contributed by atoms with van der Waals surface area (Å²) in [6.45, 7) is 0.693. The van der Waals surface area contributed by atoms with Gasteiger partial charge in [-0.25, -0.2) is 4.98 Å². The lowest BCUT2D eigenvalue weighted by molar-refractivity contribution is 0.765. The zero-order chi connectivity index (χ0) is 8.39. The first-order valence-electron chi connectivity index (χ1n) is 3.33. The second-order valence-electron chi connectivity index (χ2n) is 2.27. The van der Waals surface area contributed by atoms with Crippen LogP contribution in [0.1, 0.15) is 5.69 Å². The number of H-pyrrole nitrogens is 1. The first-order chi connectivity index (χ1) is 5.86. The molecule has 0 aliphatic carbocycles. The summed E-state index contributed by atoms with van der Waals surface area (Å²) < 4.78 is 2.47. The van der Waals surface area contributed by atoms with Crippen LogP contribution in [0.2, 0.25) is 0 Å². The minimum Gasteiger partial charge on any atom is -0.301 e. The highest BCUT2D eigenvalue weighted by molar-refractivity contribution is 7.71. The van der Waals surface area contributed by atoms with Gasteiger partial charge in [0.2, 0.25) is 0 Å². The van der Waals surface area contributed by atoms with Crippen LogP contribution in [-0.4, -0.2) is 19.7 Å². The van der Waals surface area contributed by atoms with Crippen LogP contribution in [-0.2, 0) is 6.54 Å². The lowest BCUT2D eigenvalue weighted by atomic mass is 10.5. The van der Waals surface area contributed by atoms with Crippen molar-refractivity contribution in [3.63, 3.8) is 0 Å². The third-order valence-corrected chi connectivity index (χ3v) is 2.40. The summed E-state index contributed by atoms with van der Waals surface area (Å²) in [6, 6.07) is 0. The Kier molecular flexibility index (Phi) is 2.01. The molecular weight excluding hydrogens is 192 g/mol. The standard InChI is InChI=1S/C6H6N4S2/c11-6-9-8-3-10(6)1-5-2-12-4-7-5/h2-4H,1H2,(H,9,11). The van der Waals surface area contributed by atoms with Crippen LogP contribution in [0.4, 0.5) is 0 Å². The lowest BCUT2D eigenvalue weighted by Gasteiger charge is -1.94. The fraction of sp³-hybridized carbons (Fsp3) is 0.167. The molecule has 0 aliphatic heterocycles. The second kappa shape index (κ2) is 3.16. The molecule has 0 aromatic carbocycles. The summed E-state index contributed by atoms with van der Waals surface area (Å²) in [5, 5.41) is 8.49. The van der Waals surface area contributed by atoms with Crippen LogP contribution in [0, 0.1) is 4.77 Å². The largest absolute Gasteiger partial charge is 0.301 e. The van der Waals surface area contributed by atoms with Crippen LogP contribution >= 0.6 is 23.6 Å². The summed E-state index contributed by atoms with van der Waals surface area (Å²) in [5.41, 5.74) is 2.82. The molecule has 2 rings (SSSR count). The van der Waals surface area contributed by atoms with E-state index < -0.39 is 0 Å². The SMILES string of the molecule is S=c1[nH]ncn1Cc1cscn1. The van der Waals surface area contributed by atoms with Crippen LogP contribution in [0.3, 0.4) is 0 Å². The van der Waals surface area contributed by atoms with E-state index in [1.807, 2.05) is 9.95 Å². The van der Waals surface area contributed by atoms with E-state index in [0.717, 1.165) is 5.69 Å². The van der Waals surface area contributed by atoms with Crippen molar-refractivity contribution in [2.45, 2.75) is 6.54 Å². The molecule has 0 aliphatic rings. The second-order valence-corrected chi connectivity index (χ2v) is 3.37. The maximum absolute atomic E-state index is 4.98. The van der Waals surface area contributed by atoms with Crippen molar-refractivity contribution in [3.05, 3.63) is 27.7 Å². The van der Waals surface area contributed by atoms with Crippen LogP contribution in [0.25, 0.3) is 0 Å². The Hall–Kier alpha value is -1.01. The van der Waals surface area contributed by atoms with E-state index in [1.54, 1.807) is 23.2 Å². The normalized spacial score (nSPS) is 10.3. The van der Waals surface area contributed by atoms with Gasteiger partial charge in [0.25, 0.3) is 0 Å². The molecule has 0 saturated carbocycles.